The van der Waals surface area contributed by atoms with Crippen molar-refractivity contribution in [2.75, 3.05) is 13.6 Å². The van der Waals surface area contributed by atoms with E-state index >= 15 is 0 Å². The van der Waals surface area contributed by atoms with E-state index in [4.69, 9.17) is 5.11 Å². The fourth-order valence-corrected chi connectivity index (χ4v) is 0.869. The van der Waals surface area contributed by atoms with Gasteiger partial charge in [0.2, 0.25) is 6.39 Å². The molecule has 6 heteroatoms. The maximum absolute atomic E-state index is 10.2. The highest BCUT2D eigenvalue weighted by molar-refractivity contribution is 5.66. The zero-order valence-corrected chi connectivity index (χ0v) is 7.30. The first kappa shape index (κ1) is 9.66. The van der Waals surface area contributed by atoms with Crippen molar-refractivity contribution in [3.8, 4) is 0 Å². The number of hydrogen-bond donors (Lipinski definition) is 1. The van der Waals surface area contributed by atoms with Crippen molar-refractivity contribution in [2.45, 2.75) is 13.0 Å². The van der Waals surface area contributed by atoms with Gasteiger partial charge in [0.1, 0.15) is 0 Å². The molecule has 0 aliphatic heterocycles. The zero-order valence-electron chi connectivity index (χ0n) is 7.30. The molecule has 0 fully saturated rings. The Hall–Kier alpha value is -1.43. The van der Waals surface area contributed by atoms with Gasteiger partial charge in [-0.1, -0.05) is 5.16 Å². The van der Waals surface area contributed by atoms with Gasteiger partial charge in [0.05, 0.1) is 13.0 Å². The van der Waals surface area contributed by atoms with Gasteiger partial charge in [0.15, 0.2) is 5.82 Å². The molecule has 0 saturated heterocycles. The highest BCUT2D eigenvalue weighted by Crippen LogP contribution is 1.96. The van der Waals surface area contributed by atoms with E-state index in [0.717, 1.165) is 0 Å². The number of carbonyl (C=O) groups is 1. The van der Waals surface area contributed by atoms with Crippen molar-refractivity contribution in [1.82, 2.24) is 15.0 Å². The molecule has 0 aliphatic carbocycles. The normalized spacial score (nSPS) is 10.6. The summed E-state index contributed by atoms with van der Waals surface area (Å²) < 4.78 is 4.54. The summed E-state index contributed by atoms with van der Waals surface area (Å²) in [5.74, 6) is -0.243. The summed E-state index contributed by atoms with van der Waals surface area (Å²) in [6.45, 7) is 0.980. The Morgan fingerprint density at radius 3 is 3.08 bits per heavy atom. The average molecular weight is 185 g/mol. The maximum Gasteiger partial charge on any atom is 0.304 e. The highest BCUT2D eigenvalue weighted by atomic mass is 16.5. The Kier molecular flexibility index (Phi) is 3.39. The van der Waals surface area contributed by atoms with Crippen LogP contribution in [0.4, 0.5) is 0 Å². The average Bonchev–Trinajstić information content (AvgIpc) is 2.53. The van der Waals surface area contributed by atoms with Crippen LogP contribution in [0.1, 0.15) is 12.2 Å². The Bertz CT molecular complexity index is 260. The molecule has 0 radical (unpaired) electrons. The molecule has 1 N–H and O–H groups in total. The van der Waals surface area contributed by atoms with Gasteiger partial charge in [-0.25, -0.2) is 0 Å². The summed E-state index contributed by atoms with van der Waals surface area (Å²) in [6.07, 6.45) is 1.37. The molecular weight excluding hydrogens is 174 g/mol. The number of hydrogen-bond acceptors (Lipinski definition) is 5. The SMILES string of the molecule is CN(CCC(=O)O)Cc1ncon1. The van der Waals surface area contributed by atoms with Crippen molar-refractivity contribution in [1.29, 1.82) is 0 Å². The number of carboxylic acid groups (broad SMARTS) is 1. The van der Waals surface area contributed by atoms with E-state index in [9.17, 15) is 4.79 Å². The summed E-state index contributed by atoms with van der Waals surface area (Å²) in [5, 5.41) is 12.0. The van der Waals surface area contributed by atoms with Gasteiger partial charge in [-0.15, -0.1) is 0 Å². The van der Waals surface area contributed by atoms with Crippen LogP contribution in [0.2, 0.25) is 0 Å². The monoisotopic (exact) mass is 185 g/mol. The summed E-state index contributed by atoms with van der Waals surface area (Å²) in [7, 11) is 1.80. The lowest BCUT2D eigenvalue weighted by Crippen LogP contribution is -2.21. The molecule has 6 nitrogen and oxygen atoms in total. The molecule has 0 spiro atoms. The molecule has 0 unspecified atom stereocenters. The second-order valence-corrected chi connectivity index (χ2v) is 2.73. The number of nitrogens with zero attached hydrogens (tertiary/aromatic N) is 3. The van der Waals surface area contributed by atoms with Crippen LogP contribution in [0.5, 0.6) is 0 Å². The third kappa shape index (κ3) is 3.66. The third-order valence-electron chi connectivity index (χ3n) is 1.53. The molecule has 0 aliphatic rings. The van der Waals surface area contributed by atoms with Crippen molar-refractivity contribution in [3.63, 3.8) is 0 Å². The number of rotatable bonds is 5. The van der Waals surface area contributed by atoms with Crippen LogP contribution in [-0.4, -0.2) is 39.7 Å². The second kappa shape index (κ2) is 4.56. The predicted molar refractivity (Wildman–Crippen MR) is 42.9 cm³/mol. The van der Waals surface area contributed by atoms with E-state index in [0.29, 0.717) is 18.9 Å². The lowest BCUT2D eigenvalue weighted by Gasteiger charge is -2.11. The summed E-state index contributed by atoms with van der Waals surface area (Å²) in [4.78, 5) is 15.9. The van der Waals surface area contributed by atoms with Gasteiger partial charge in [-0.05, 0) is 7.05 Å². The summed E-state index contributed by atoms with van der Waals surface area (Å²) >= 11 is 0. The molecule has 72 valence electrons. The Morgan fingerprint density at radius 1 is 1.77 bits per heavy atom. The van der Waals surface area contributed by atoms with Gasteiger partial charge >= 0.3 is 5.97 Å². The van der Waals surface area contributed by atoms with Gasteiger partial charge in [-0.3, -0.25) is 9.69 Å². The minimum Gasteiger partial charge on any atom is -0.481 e. The van der Waals surface area contributed by atoms with E-state index in [1.165, 1.54) is 6.39 Å². The number of aliphatic carboxylic acids is 1. The molecule has 0 bridgehead atoms. The fourth-order valence-electron chi connectivity index (χ4n) is 0.869. The summed E-state index contributed by atoms with van der Waals surface area (Å²) in [6, 6.07) is 0. The minimum absolute atomic E-state index is 0.119. The Morgan fingerprint density at radius 2 is 2.54 bits per heavy atom. The first-order valence-electron chi connectivity index (χ1n) is 3.84. The Balaban J connectivity index is 2.25. The molecule has 1 heterocycles. The molecule has 13 heavy (non-hydrogen) atoms. The zero-order chi connectivity index (χ0) is 9.68. The molecule has 1 aromatic rings. The number of aromatic nitrogens is 2. The number of carboxylic acids is 1. The first-order chi connectivity index (χ1) is 6.18. The van der Waals surface area contributed by atoms with E-state index in [1.54, 1.807) is 7.05 Å². The molecular formula is C7H11N3O3. The molecule has 0 saturated carbocycles. The Labute approximate surface area is 75.2 Å². The fraction of sp³-hybridized carbons (Fsp3) is 0.571. The van der Waals surface area contributed by atoms with Crippen LogP contribution in [0.3, 0.4) is 0 Å². The van der Waals surface area contributed by atoms with Crippen LogP contribution in [0.25, 0.3) is 0 Å². The van der Waals surface area contributed by atoms with Gasteiger partial charge in [-0.2, -0.15) is 4.98 Å². The summed E-state index contributed by atoms with van der Waals surface area (Å²) in [5.41, 5.74) is 0. The van der Waals surface area contributed by atoms with Crippen LogP contribution in [0.15, 0.2) is 10.9 Å². The maximum atomic E-state index is 10.2. The van der Waals surface area contributed by atoms with Gasteiger partial charge in [0.25, 0.3) is 0 Å². The van der Waals surface area contributed by atoms with Crippen LogP contribution in [-0.2, 0) is 11.3 Å². The first-order valence-corrected chi connectivity index (χ1v) is 3.84. The smallest absolute Gasteiger partial charge is 0.304 e. The van der Waals surface area contributed by atoms with E-state index < -0.39 is 5.97 Å². The van der Waals surface area contributed by atoms with Crippen molar-refractivity contribution < 1.29 is 14.4 Å². The largest absolute Gasteiger partial charge is 0.481 e. The molecule has 1 aromatic heterocycles. The van der Waals surface area contributed by atoms with Crippen LogP contribution >= 0.6 is 0 Å². The van der Waals surface area contributed by atoms with E-state index in [-0.39, 0.29) is 6.42 Å². The van der Waals surface area contributed by atoms with Crippen molar-refractivity contribution in [2.24, 2.45) is 0 Å². The standard InChI is InChI=1S/C7H11N3O3/c1-10(3-2-7(11)12)4-6-8-5-13-9-6/h5H,2-4H2,1H3,(H,11,12). The predicted octanol–water partition coefficient (Wildman–Crippen LogP) is -0.0239. The lowest BCUT2D eigenvalue weighted by molar-refractivity contribution is -0.137. The molecule has 1 rings (SSSR count). The second-order valence-electron chi connectivity index (χ2n) is 2.73. The van der Waals surface area contributed by atoms with Crippen LogP contribution in [0, 0.1) is 0 Å². The quantitative estimate of drug-likeness (QED) is 0.694. The third-order valence-corrected chi connectivity index (χ3v) is 1.53. The highest BCUT2D eigenvalue weighted by Gasteiger charge is 2.05. The van der Waals surface area contributed by atoms with Gasteiger partial charge < -0.3 is 9.63 Å². The minimum atomic E-state index is -0.806. The van der Waals surface area contributed by atoms with E-state index in [2.05, 4.69) is 14.7 Å². The van der Waals surface area contributed by atoms with Crippen molar-refractivity contribution in [3.05, 3.63) is 12.2 Å². The lowest BCUT2D eigenvalue weighted by atomic mass is 10.4. The van der Waals surface area contributed by atoms with Crippen LogP contribution < -0.4 is 0 Å². The van der Waals surface area contributed by atoms with E-state index in [1.807, 2.05) is 4.90 Å². The molecule has 0 atom stereocenters. The topological polar surface area (TPSA) is 79.5 Å². The molecule has 0 amide bonds. The molecule has 0 aromatic carbocycles. The van der Waals surface area contributed by atoms with Crippen molar-refractivity contribution >= 4 is 5.97 Å². The van der Waals surface area contributed by atoms with Gasteiger partial charge in [0, 0.05) is 6.54 Å².